The molecule has 1 aliphatic heterocycles. The Balaban J connectivity index is 2.20. The maximum atomic E-state index is 14.0. The van der Waals surface area contributed by atoms with Gasteiger partial charge in [0.05, 0.1) is 4.90 Å². The lowest BCUT2D eigenvalue weighted by molar-refractivity contribution is 0.0131. The average Bonchev–Trinajstić information content (AvgIpc) is 3.03. The van der Waals surface area contributed by atoms with Crippen molar-refractivity contribution in [3.63, 3.8) is 0 Å². The zero-order chi connectivity index (χ0) is 20.5. The number of hydrogen-bond acceptors (Lipinski definition) is 4. The fourth-order valence-corrected chi connectivity index (χ4v) is 3.29. The number of alkyl halides is 2. The number of allylic oxidation sites excluding steroid dienone is 4. The maximum absolute atomic E-state index is 14.0. The minimum Gasteiger partial charge on any atom is -0.299 e. The van der Waals surface area contributed by atoms with Gasteiger partial charge in [0.15, 0.2) is 0 Å². The molecule has 2 aromatic rings. The number of sulfonamides is 1. The molecule has 0 saturated heterocycles. The largest absolute Gasteiger partial charge is 0.299 e. The van der Waals surface area contributed by atoms with Gasteiger partial charge < -0.3 is 0 Å². The van der Waals surface area contributed by atoms with Crippen LogP contribution >= 0.6 is 0 Å². The van der Waals surface area contributed by atoms with Gasteiger partial charge in [-0.1, -0.05) is 12.2 Å². The lowest BCUT2D eigenvalue weighted by Gasteiger charge is -2.11. The van der Waals surface area contributed by atoms with Gasteiger partial charge in [-0.15, -0.1) is 0 Å². The van der Waals surface area contributed by atoms with Gasteiger partial charge in [-0.25, -0.2) is 18.5 Å². The van der Waals surface area contributed by atoms with E-state index in [9.17, 15) is 17.2 Å². The summed E-state index contributed by atoms with van der Waals surface area (Å²) < 4.78 is 52.4. The molecule has 0 saturated carbocycles. The summed E-state index contributed by atoms with van der Waals surface area (Å²) in [5.41, 5.74) is 1.35. The molecule has 0 amide bonds. The van der Waals surface area contributed by atoms with Crippen molar-refractivity contribution >= 4 is 21.8 Å². The van der Waals surface area contributed by atoms with Crippen LogP contribution in [0.15, 0.2) is 58.2 Å². The number of rotatable bonds is 4. The highest BCUT2D eigenvalue weighted by atomic mass is 32.2. The lowest BCUT2D eigenvalue weighted by atomic mass is 10.1. The molecule has 0 fully saturated rings. The number of aliphatic imine (C=N–C) groups is 1. The van der Waals surface area contributed by atoms with Crippen LogP contribution in [0.3, 0.4) is 0 Å². The molecule has 6 nitrogen and oxygen atoms in total. The number of imidazole rings is 1. The van der Waals surface area contributed by atoms with Crippen LogP contribution in [-0.2, 0) is 15.9 Å². The maximum Gasteiger partial charge on any atom is 0.288 e. The number of aromatic nitrogens is 2. The van der Waals surface area contributed by atoms with Crippen molar-refractivity contribution in [1.29, 1.82) is 0 Å². The van der Waals surface area contributed by atoms with E-state index in [1.165, 1.54) is 35.0 Å². The Labute approximate surface area is 162 Å². The molecule has 0 aliphatic carbocycles. The predicted octanol–water partition coefficient (Wildman–Crippen LogP) is 3.78. The smallest absolute Gasteiger partial charge is 0.288 e. The molecule has 0 atom stereocenters. The average molecular weight is 406 g/mol. The number of halogens is 2. The molecule has 0 unspecified atom stereocenters. The van der Waals surface area contributed by atoms with Crippen LogP contribution in [0.2, 0.25) is 0 Å². The molecule has 0 bridgehead atoms. The van der Waals surface area contributed by atoms with Crippen molar-refractivity contribution in [1.82, 2.24) is 9.55 Å². The molecule has 2 heterocycles. The minimum atomic E-state index is -3.85. The molecular formula is C19H20F2N4O2S. The first-order valence-electron chi connectivity index (χ1n) is 8.58. The van der Waals surface area contributed by atoms with Crippen LogP contribution < -0.4 is 5.14 Å². The molecule has 1 aromatic heterocycles. The Bertz CT molecular complexity index is 1080. The van der Waals surface area contributed by atoms with Gasteiger partial charge in [0.1, 0.15) is 11.5 Å². The van der Waals surface area contributed by atoms with E-state index < -0.39 is 21.6 Å². The Hall–Kier alpha value is -2.65. The molecule has 0 radical (unpaired) electrons. The number of hydrogen-bond donors (Lipinski definition) is 1. The van der Waals surface area contributed by atoms with Gasteiger partial charge >= 0.3 is 0 Å². The fraction of sp³-hybridized carbons (Fsp3) is 0.263. The molecular weight excluding hydrogens is 386 g/mol. The van der Waals surface area contributed by atoms with Gasteiger partial charge in [0.2, 0.25) is 10.0 Å². The van der Waals surface area contributed by atoms with Crippen molar-refractivity contribution in [2.24, 2.45) is 10.1 Å². The van der Waals surface area contributed by atoms with E-state index in [4.69, 9.17) is 5.14 Å². The Morgan fingerprint density at radius 3 is 2.46 bits per heavy atom. The number of nitrogens with two attached hydrogens (primary N) is 1. The van der Waals surface area contributed by atoms with E-state index in [1.54, 1.807) is 13.1 Å². The van der Waals surface area contributed by atoms with Crippen LogP contribution in [-0.4, -0.2) is 24.2 Å². The van der Waals surface area contributed by atoms with Gasteiger partial charge in [-0.3, -0.25) is 9.56 Å². The summed E-state index contributed by atoms with van der Waals surface area (Å²) in [5.74, 6) is -2.84. The summed E-state index contributed by atoms with van der Waals surface area (Å²) >= 11 is 0. The highest BCUT2D eigenvalue weighted by Gasteiger charge is 2.30. The molecule has 148 valence electrons. The van der Waals surface area contributed by atoms with Gasteiger partial charge in [0.25, 0.3) is 5.92 Å². The van der Waals surface area contributed by atoms with Crippen molar-refractivity contribution < 1.29 is 17.2 Å². The first kappa shape index (κ1) is 20.1. The number of benzene rings is 1. The summed E-state index contributed by atoms with van der Waals surface area (Å²) in [4.78, 5) is 8.46. The third-order valence-corrected chi connectivity index (χ3v) is 5.19. The first-order chi connectivity index (χ1) is 13.1. The zero-order valence-corrected chi connectivity index (χ0v) is 16.2. The van der Waals surface area contributed by atoms with Crippen LogP contribution in [0, 0.1) is 0 Å². The van der Waals surface area contributed by atoms with Gasteiger partial charge in [-0.05, 0) is 44.0 Å². The van der Waals surface area contributed by atoms with Crippen LogP contribution in [0.5, 0.6) is 0 Å². The highest BCUT2D eigenvalue weighted by Crippen LogP contribution is 2.31. The third-order valence-electron chi connectivity index (χ3n) is 4.26. The Morgan fingerprint density at radius 1 is 1.18 bits per heavy atom. The monoisotopic (exact) mass is 406 g/mol. The molecule has 28 heavy (non-hydrogen) atoms. The summed E-state index contributed by atoms with van der Waals surface area (Å²) in [6.45, 7) is 2.56. The van der Waals surface area contributed by atoms with Crippen molar-refractivity contribution in [3.05, 3.63) is 59.8 Å². The summed E-state index contributed by atoms with van der Waals surface area (Å²) in [5, 5.41) is 5.13. The van der Waals surface area contributed by atoms with E-state index in [-0.39, 0.29) is 4.90 Å². The van der Waals surface area contributed by atoms with Crippen molar-refractivity contribution in [2.45, 2.75) is 37.5 Å². The van der Waals surface area contributed by atoms with Crippen LogP contribution in [0.4, 0.5) is 8.78 Å². The molecule has 3 rings (SSSR count). The Kier molecular flexibility index (Phi) is 5.31. The molecule has 1 aromatic carbocycles. The molecule has 9 heteroatoms. The van der Waals surface area contributed by atoms with Gasteiger partial charge in [0, 0.05) is 36.3 Å². The van der Waals surface area contributed by atoms with Gasteiger partial charge in [-0.2, -0.15) is 8.78 Å². The second-order valence-electron chi connectivity index (χ2n) is 6.54. The lowest BCUT2D eigenvalue weighted by Crippen LogP contribution is -2.12. The van der Waals surface area contributed by atoms with E-state index in [0.717, 1.165) is 19.8 Å². The van der Waals surface area contributed by atoms with Crippen molar-refractivity contribution in [2.75, 3.05) is 0 Å². The fourth-order valence-electron chi connectivity index (χ4n) is 2.77. The molecule has 1 aliphatic rings. The minimum absolute atomic E-state index is 0.0650. The van der Waals surface area contributed by atoms with E-state index in [2.05, 4.69) is 9.98 Å². The third kappa shape index (κ3) is 4.26. The van der Waals surface area contributed by atoms with Crippen LogP contribution in [0.25, 0.3) is 11.3 Å². The van der Waals surface area contributed by atoms with E-state index in [0.29, 0.717) is 22.8 Å². The highest BCUT2D eigenvalue weighted by molar-refractivity contribution is 7.89. The topological polar surface area (TPSA) is 90.3 Å². The zero-order valence-electron chi connectivity index (χ0n) is 15.4. The normalized spacial score (nSPS) is 19.3. The molecule has 0 spiro atoms. The summed E-state index contributed by atoms with van der Waals surface area (Å²) in [6.07, 6.45) is 8.36. The van der Waals surface area contributed by atoms with Crippen molar-refractivity contribution in [3.8, 4) is 5.69 Å². The summed E-state index contributed by atoms with van der Waals surface area (Å²) in [7, 11) is -3.85. The summed E-state index contributed by atoms with van der Waals surface area (Å²) in [6, 6.07) is 5.64. The Morgan fingerprint density at radius 2 is 1.86 bits per heavy atom. The SMILES string of the molecule is C/C1=C(c2nc(C(C)(F)F)cn2-c2ccc(S(N)(=O)=O)cc2)/C=C\CCC=N1. The van der Waals surface area contributed by atoms with Crippen LogP contribution in [0.1, 0.15) is 38.2 Å². The number of nitrogens with zero attached hydrogens (tertiary/aromatic N) is 3. The van der Waals surface area contributed by atoms with E-state index >= 15 is 0 Å². The molecule has 2 N–H and O–H groups in total. The van der Waals surface area contributed by atoms with E-state index in [1.807, 2.05) is 12.2 Å². The quantitative estimate of drug-likeness (QED) is 0.838. The standard InChI is InChI=1S/C19H20F2N4O2S/c1-13-16(6-4-3-5-11-23-13)18-24-17(19(2,20)21)12-25(18)14-7-9-15(10-8-14)28(22,26)27/h4,6-12H,3,5H2,1-2H3,(H2,22,26,27)/b6-4-,16-13+,23-11?. The second kappa shape index (κ2) is 7.40. The second-order valence-corrected chi connectivity index (χ2v) is 8.10. The first-order valence-corrected chi connectivity index (χ1v) is 10.1. The predicted molar refractivity (Wildman–Crippen MR) is 104 cm³/mol. The number of primary sulfonamides is 1.